The van der Waals surface area contributed by atoms with Crippen LogP contribution in [0.3, 0.4) is 0 Å². The zero-order valence-corrected chi connectivity index (χ0v) is 32.2. The summed E-state index contributed by atoms with van der Waals surface area (Å²) in [5.41, 5.74) is 2.84. The van der Waals surface area contributed by atoms with E-state index in [1.807, 2.05) is 24.3 Å². The van der Waals surface area contributed by atoms with Gasteiger partial charge in [-0.25, -0.2) is 9.78 Å². The number of Topliss-reactive ketones (excluding diaryl/α,β-unsaturated/α-hetero) is 1. The first kappa shape index (κ1) is 40.6. The number of amides is 3. The van der Waals surface area contributed by atoms with Crippen LogP contribution in [0.4, 0.5) is 0 Å². The molecule has 3 amide bonds. The molecule has 1 aromatic heterocycles. The molecule has 14 nitrogen and oxygen atoms in total. The molecule has 3 aromatic carbocycles. The summed E-state index contributed by atoms with van der Waals surface area (Å²) < 4.78 is 21.5. The van der Waals surface area contributed by atoms with Crippen molar-refractivity contribution in [2.75, 3.05) is 27.9 Å². The maximum absolute atomic E-state index is 14.5. The monoisotopic (exact) mass is 794 g/mol. The third-order valence-corrected chi connectivity index (χ3v) is 9.57. The van der Waals surface area contributed by atoms with Crippen LogP contribution in [0, 0.1) is 5.92 Å². The Kier molecular flexibility index (Phi) is 13.1. The molecule has 16 heteroatoms. The lowest BCUT2D eigenvalue weighted by molar-refractivity contribution is -0.143. The van der Waals surface area contributed by atoms with E-state index in [4.69, 9.17) is 41.8 Å². The minimum absolute atomic E-state index is 0.133. The molecule has 0 unspecified atom stereocenters. The zero-order valence-electron chi connectivity index (χ0n) is 30.7. The number of benzene rings is 3. The second-order valence-corrected chi connectivity index (χ2v) is 14.1. The summed E-state index contributed by atoms with van der Waals surface area (Å²) in [5, 5.41) is 15.9. The number of aromatic nitrogens is 1. The van der Waals surface area contributed by atoms with Crippen LogP contribution in [-0.4, -0.2) is 90.5 Å². The van der Waals surface area contributed by atoms with Crippen molar-refractivity contribution in [1.29, 1.82) is 0 Å². The van der Waals surface area contributed by atoms with Crippen molar-refractivity contribution in [2.24, 2.45) is 5.92 Å². The molecule has 0 spiro atoms. The Bertz CT molecular complexity index is 2030. The van der Waals surface area contributed by atoms with E-state index in [2.05, 4.69) is 15.6 Å². The van der Waals surface area contributed by atoms with Crippen molar-refractivity contribution in [3.05, 3.63) is 93.5 Å². The maximum Gasteiger partial charge on any atom is 0.326 e. The van der Waals surface area contributed by atoms with Crippen LogP contribution in [0.15, 0.2) is 65.3 Å². The summed E-state index contributed by atoms with van der Waals surface area (Å²) in [5.74, 6) is -4.33. The highest BCUT2D eigenvalue weighted by atomic mass is 35.5. The number of carbonyl (C=O) groups excluding carboxylic acids is 4. The van der Waals surface area contributed by atoms with Gasteiger partial charge in [0, 0.05) is 33.6 Å². The Morgan fingerprint density at radius 2 is 1.51 bits per heavy atom. The molecule has 1 aliphatic carbocycles. The van der Waals surface area contributed by atoms with E-state index in [9.17, 15) is 29.1 Å². The van der Waals surface area contributed by atoms with Crippen molar-refractivity contribution in [2.45, 2.75) is 51.2 Å². The lowest BCUT2D eigenvalue weighted by atomic mass is 10.00. The SMILES string of the molecule is COc1cc(C(=O)N[C@H](C(=O)N(CC(=O)N[C@@H](CC(=O)c2nc(-c3cc(Cl)cc(Cl)c3)co2)C(=O)O)C2Cc3ccccc3C2)C(C)C)cc(OC)c1OC. The van der Waals surface area contributed by atoms with E-state index in [0.717, 1.165) is 11.1 Å². The third kappa shape index (κ3) is 9.56. The van der Waals surface area contributed by atoms with Crippen molar-refractivity contribution in [3.8, 4) is 28.5 Å². The summed E-state index contributed by atoms with van der Waals surface area (Å²) in [4.78, 5) is 72.7. The molecular formula is C39H40Cl2N4O10. The van der Waals surface area contributed by atoms with Gasteiger partial charge in [-0.15, -0.1) is 0 Å². The smallest absolute Gasteiger partial charge is 0.326 e. The second kappa shape index (κ2) is 17.7. The molecule has 5 rings (SSSR count). The normalized spacial score (nSPS) is 13.4. The fourth-order valence-electron chi connectivity index (χ4n) is 6.38. The fourth-order valence-corrected chi connectivity index (χ4v) is 6.90. The highest BCUT2D eigenvalue weighted by Crippen LogP contribution is 2.38. The van der Waals surface area contributed by atoms with E-state index in [1.54, 1.807) is 26.0 Å². The Labute approximate surface area is 327 Å². The van der Waals surface area contributed by atoms with E-state index < -0.39 is 66.5 Å². The minimum atomic E-state index is -1.69. The molecule has 0 bridgehead atoms. The fraction of sp³-hybridized carbons (Fsp3) is 0.333. The number of aliphatic carboxylic acids is 1. The number of carboxylic acids is 1. The number of hydrogen-bond acceptors (Lipinski definition) is 10. The number of carboxylic acid groups (broad SMARTS) is 1. The van der Waals surface area contributed by atoms with Gasteiger partial charge in [0.1, 0.15) is 24.0 Å². The van der Waals surface area contributed by atoms with Crippen LogP contribution in [0.25, 0.3) is 11.3 Å². The average Bonchev–Trinajstić information content (AvgIpc) is 3.82. The third-order valence-electron chi connectivity index (χ3n) is 9.14. The number of hydrogen-bond donors (Lipinski definition) is 3. The van der Waals surface area contributed by atoms with Crippen LogP contribution in [-0.2, 0) is 27.2 Å². The van der Waals surface area contributed by atoms with E-state index >= 15 is 0 Å². The van der Waals surface area contributed by atoms with Gasteiger partial charge in [-0.1, -0.05) is 61.3 Å². The molecule has 0 saturated heterocycles. The largest absolute Gasteiger partial charge is 0.493 e. The molecule has 1 aliphatic rings. The van der Waals surface area contributed by atoms with Crippen LogP contribution in [0.2, 0.25) is 10.0 Å². The number of ether oxygens (including phenoxy) is 3. The van der Waals surface area contributed by atoms with E-state index in [-0.39, 0.29) is 34.4 Å². The Balaban J connectivity index is 1.35. The van der Waals surface area contributed by atoms with Crippen LogP contribution in [0.5, 0.6) is 17.2 Å². The summed E-state index contributed by atoms with van der Waals surface area (Å²) >= 11 is 12.2. The van der Waals surface area contributed by atoms with Crippen LogP contribution >= 0.6 is 23.2 Å². The van der Waals surface area contributed by atoms with Gasteiger partial charge in [0.15, 0.2) is 11.5 Å². The lowest BCUT2D eigenvalue weighted by Gasteiger charge is -2.34. The highest BCUT2D eigenvalue weighted by Gasteiger charge is 2.38. The molecule has 2 atom stereocenters. The van der Waals surface area contributed by atoms with Gasteiger partial charge < -0.3 is 39.3 Å². The number of carbonyl (C=O) groups is 5. The molecule has 4 aromatic rings. The minimum Gasteiger partial charge on any atom is -0.493 e. The Morgan fingerprint density at radius 1 is 0.909 bits per heavy atom. The molecule has 0 saturated carbocycles. The van der Waals surface area contributed by atoms with E-state index in [1.165, 1.54) is 50.7 Å². The average molecular weight is 796 g/mol. The molecule has 0 aliphatic heterocycles. The van der Waals surface area contributed by atoms with Crippen LogP contribution in [0.1, 0.15) is 52.4 Å². The first-order valence-electron chi connectivity index (χ1n) is 17.2. The zero-order chi connectivity index (χ0) is 40.0. The van der Waals surface area contributed by atoms with Crippen molar-refractivity contribution >= 4 is 52.7 Å². The van der Waals surface area contributed by atoms with Gasteiger partial charge in [0.05, 0.1) is 27.9 Å². The number of rotatable bonds is 16. The van der Waals surface area contributed by atoms with Gasteiger partial charge >= 0.3 is 5.97 Å². The predicted molar refractivity (Wildman–Crippen MR) is 202 cm³/mol. The molecule has 290 valence electrons. The lowest BCUT2D eigenvalue weighted by Crippen LogP contribution is -2.57. The Morgan fingerprint density at radius 3 is 2.04 bits per heavy atom. The van der Waals surface area contributed by atoms with Gasteiger partial charge in [-0.05, 0) is 60.2 Å². The second-order valence-electron chi connectivity index (χ2n) is 13.2. The van der Waals surface area contributed by atoms with Gasteiger partial charge in [0.2, 0.25) is 23.3 Å². The number of nitrogens with one attached hydrogen (secondary N) is 2. The van der Waals surface area contributed by atoms with Gasteiger partial charge in [-0.2, -0.15) is 0 Å². The molecule has 0 fully saturated rings. The number of nitrogens with zero attached hydrogens (tertiary/aromatic N) is 2. The topological polar surface area (TPSA) is 187 Å². The molecule has 3 N–H and O–H groups in total. The van der Waals surface area contributed by atoms with E-state index in [0.29, 0.717) is 28.5 Å². The number of ketones is 1. The van der Waals surface area contributed by atoms with Crippen molar-refractivity contribution in [1.82, 2.24) is 20.5 Å². The number of methoxy groups -OCH3 is 3. The maximum atomic E-state index is 14.5. The first-order chi connectivity index (χ1) is 26.2. The predicted octanol–water partition coefficient (Wildman–Crippen LogP) is 5.27. The van der Waals surface area contributed by atoms with Gasteiger partial charge in [-0.3, -0.25) is 19.2 Å². The quantitative estimate of drug-likeness (QED) is 0.126. The molecule has 55 heavy (non-hydrogen) atoms. The summed E-state index contributed by atoms with van der Waals surface area (Å²) in [6, 6.07) is 11.9. The highest BCUT2D eigenvalue weighted by molar-refractivity contribution is 6.35. The van der Waals surface area contributed by atoms with Gasteiger partial charge in [0.25, 0.3) is 11.8 Å². The molecule has 1 heterocycles. The van der Waals surface area contributed by atoms with Crippen molar-refractivity contribution in [3.63, 3.8) is 0 Å². The summed E-state index contributed by atoms with van der Waals surface area (Å²) in [6.07, 6.45) is 1.36. The summed E-state index contributed by atoms with van der Waals surface area (Å²) in [6.45, 7) is 2.94. The number of halogens is 2. The van der Waals surface area contributed by atoms with Crippen LogP contribution < -0.4 is 24.8 Å². The van der Waals surface area contributed by atoms with Crippen molar-refractivity contribution < 1.29 is 47.7 Å². The Hall–Kier alpha value is -5.60. The number of fused-ring (bicyclic) bond motifs is 1. The standard InChI is InChI=1S/C39H40Cl2N4O10/c1-20(2)34(44-36(48)24-14-31(52-3)35(54-5)32(15-24)53-4)38(49)45(27-12-21-8-6-7-9-22(21)13-27)18-33(47)42-28(39(50)51)17-30(46)37-43-29(19-55-37)23-10-25(40)16-26(41)11-23/h6-11,14-16,19-20,27-28,34H,12-13,17-18H2,1-5H3,(H,42,47)(H,44,48)(H,50,51)/t28-,34-/m0/s1. The number of oxazole rings is 1. The molecule has 0 radical (unpaired) electrons. The first-order valence-corrected chi connectivity index (χ1v) is 17.9. The summed E-state index contributed by atoms with van der Waals surface area (Å²) in [7, 11) is 4.26. The molecular weight excluding hydrogens is 755 g/mol.